The van der Waals surface area contributed by atoms with Gasteiger partial charge in [0.05, 0.1) is 52.0 Å². The molecular formula is C53H64N8O9S. The third-order valence-corrected chi connectivity index (χ3v) is 17.5. The van der Waals surface area contributed by atoms with Crippen molar-refractivity contribution in [3.63, 3.8) is 0 Å². The Kier molecular flexibility index (Phi) is 12.4. The number of aromatic amines is 1. The van der Waals surface area contributed by atoms with Crippen molar-refractivity contribution in [2.24, 2.45) is 11.3 Å². The maximum Gasteiger partial charge on any atom is 0.293 e. The van der Waals surface area contributed by atoms with E-state index in [2.05, 4.69) is 62.9 Å². The summed E-state index contributed by atoms with van der Waals surface area (Å²) in [6, 6.07) is 22.1. The summed E-state index contributed by atoms with van der Waals surface area (Å²) >= 11 is 0. The molecule has 17 nitrogen and oxygen atoms in total. The lowest BCUT2D eigenvalue weighted by molar-refractivity contribution is -0.384. The van der Waals surface area contributed by atoms with Gasteiger partial charge in [-0.1, -0.05) is 18.2 Å². The zero-order chi connectivity index (χ0) is 49.2. The number of carbonyl (C=O) groups is 1. The predicted molar refractivity (Wildman–Crippen MR) is 270 cm³/mol. The standard InChI is InChI=1S/C53H64N8O9S/c1-33(2)69-47-9-5-4-7-39(47)42-8-6-22-59(42)37-28-53(29-37)19-23-58(24-20-53)36-10-12-40(43(26-36)60-45-25-35-16-21-54-49(35)56-51(45)70-48-32-68-31-46(48)60)50(62)57-71(66,67)38-11-13-41(44(27-38)61(64)65)55-30-34-14-17-52(3,63)18-15-34/h4-5,7,9-13,16,21,25-27,33-34,37,42,46,48,55,63H,6,8,14-15,17-20,22-24,28-32H2,1-3H3,(H,54,56)(H,57,62)/t34-,42-,46+,48+,52-/m0/s1. The average Bonchev–Trinajstić information content (AvgIpc) is 4.13. The molecule has 6 heterocycles. The highest BCUT2D eigenvalue weighted by molar-refractivity contribution is 7.90. The topological polar surface area (TPSA) is 205 Å². The van der Waals surface area contributed by atoms with Gasteiger partial charge in [-0.3, -0.25) is 19.8 Å². The second-order valence-corrected chi connectivity index (χ2v) is 23.1. The molecule has 4 aliphatic heterocycles. The Morgan fingerprint density at radius 1 is 0.986 bits per heavy atom. The van der Waals surface area contributed by atoms with Gasteiger partial charge in [0, 0.05) is 60.6 Å². The number of nitro benzene ring substituents is 1. The van der Waals surface area contributed by atoms with Crippen LogP contribution in [0.2, 0.25) is 0 Å². The summed E-state index contributed by atoms with van der Waals surface area (Å²) in [5, 5.41) is 26.7. The fourth-order valence-electron chi connectivity index (χ4n) is 12.3. The molecule has 0 radical (unpaired) electrons. The quantitative estimate of drug-likeness (QED) is 0.0645. The molecule has 2 saturated carbocycles. The van der Waals surface area contributed by atoms with Gasteiger partial charge in [0.2, 0.25) is 5.88 Å². The Labute approximate surface area is 414 Å². The number of aliphatic hydroxyl groups is 1. The van der Waals surface area contributed by atoms with Gasteiger partial charge >= 0.3 is 0 Å². The summed E-state index contributed by atoms with van der Waals surface area (Å²) < 4.78 is 49.2. The van der Waals surface area contributed by atoms with Crippen LogP contribution in [0.3, 0.4) is 0 Å². The zero-order valence-corrected chi connectivity index (χ0v) is 41.5. The van der Waals surface area contributed by atoms with Crippen LogP contribution in [0.1, 0.15) is 107 Å². The molecule has 376 valence electrons. The number of hydrogen-bond acceptors (Lipinski definition) is 14. The number of H-pyrrole nitrogens is 1. The smallest absolute Gasteiger partial charge is 0.293 e. The van der Waals surface area contributed by atoms with Gasteiger partial charge in [-0.05, 0) is 151 Å². The number of para-hydroxylation sites is 1. The number of likely N-dealkylation sites (tertiary alicyclic amines) is 1. The van der Waals surface area contributed by atoms with Crippen molar-refractivity contribution in [2.45, 2.75) is 126 Å². The lowest BCUT2D eigenvalue weighted by atomic mass is 9.60. The van der Waals surface area contributed by atoms with Gasteiger partial charge in [-0.15, -0.1) is 0 Å². The summed E-state index contributed by atoms with van der Waals surface area (Å²) in [5.41, 5.74) is 3.32. The van der Waals surface area contributed by atoms with Crippen molar-refractivity contribution in [3.05, 3.63) is 100 Å². The first kappa shape index (κ1) is 47.4. The van der Waals surface area contributed by atoms with E-state index in [9.17, 15) is 28.4 Å². The number of pyridine rings is 1. The Hall–Kier alpha value is -5.95. The van der Waals surface area contributed by atoms with E-state index in [0.717, 1.165) is 87.5 Å². The van der Waals surface area contributed by atoms with E-state index in [4.69, 9.17) is 19.2 Å². The van der Waals surface area contributed by atoms with Crippen LogP contribution in [0.5, 0.6) is 11.6 Å². The van der Waals surface area contributed by atoms with Gasteiger partial charge < -0.3 is 39.4 Å². The Balaban J connectivity index is 0.851. The van der Waals surface area contributed by atoms with E-state index in [1.165, 1.54) is 24.1 Å². The highest BCUT2D eigenvalue weighted by Gasteiger charge is 2.50. The number of sulfonamides is 1. The Morgan fingerprint density at radius 3 is 2.55 bits per heavy atom. The third-order valence-electron chi connectivity index (χ3n) is 16.2. The molecule has 71 heavy (non-hydrogen) atoms. The number of anilines is 4. The van der Waals surface area contributed by atoms with Gasteiger partial charge in [0.25, 0.3) is 21.6 Å². The van der Waals surface area contributed by atoms with Crippen LogP contribution in [-0.2, 0) is 14.8 Å². The van der Waals surface area contributed by atoms with E-state index in [-0.39, 0.29) is 34.7 Å². The van der Waals surface area contributed by atoms with Gasteiger partial charge in [0.1, 0.15) is 28.9 Å². The molecule has 0 unspecified atom stereocenters. The number of nitrogens with one attached hydrogen (secondary N) is 3. The van der Waals surface area contributed by atoms with Crippen molar-refractivity contribution in [3.8, 4) is 11.6 Å². The molecule has 11 rings (SSSR count). The Bertz CT molecular complexity index is 2940. The summed E-state index contributed by atoms with van der Waals surface area (Å²) in [7, 11) is -4.62. The van der Waals surface area contributed by atoms with Gasteiger partial charge in [-0.25, -0.2) is 13.1 Å². The first-order chi connectivity index (χ1) is 34.1. The summed E-state index contributed by atoms with van der Waals surface area (Å²) in [5.74, 6) is 0.663. The molecule has 1 spiro atoms. The van der Waals surface area contributed by atoms with Gasteiger partial charge in [0.15, 0.2) is 0 Å². The van der Waals surface area contributed by atoms with E-state index < -0.39 is 43.1 Å². The molecule has 3 saturated heterocycles. The van der Waals surface area contributed by atoms with E-state index in [1.807, 2.05) is 36.1 Å². The molecule has 3 aromatic carbocycles. The molecule has 5 fully saturated rings. The van der Waals surface area contributed by atoms with Crippen molar-refractivity contribution in [1.29, 1.82) is 0 Å². The second kappa shape index (κ2) is 18.6. The van der Waals surface area contributed by atoms with Crippen LogP contribution in [0.25, 0.3) is 11.0 Å². The van der Waals surface area contributed by atoms with Crippen molar-refractivity contribution < 1.29 is 37.5 Å². The van der Waals surface area contributed by atoms with Crippen molar-refractivity contribution >= 4 is 55.4 Å². The Morgan fingerprint density at radius 2 is 1.77 bits per heavy atom. The molecule has 6 aliphatic rings. The predicted octanol–water partition coefficient (Wildman–Crippen LogP) is 8.61. The molecule has 18 heteroatoms. The highest BCUT2D eigenvalue weighted by Crippen LogP contribution is 2.55. The van der Waals surface area contributed by atoms with E-state index in [0.29, 0.717) is 67.6 Å². The first-order valence-electron chi connectivity index (χ1n) is 25.4. The van der Waals surface area contributed by atoms with Crippen LogP contribution in [0.4, 0.5) is 28.4 Å². The lowest BCUT2D eigenvalue weighted by Crippen LogP contribution is -2.55. The fraction of sp³-hybridized carbons (Fsp3) is 0.509. The molecule has 1 amide bonds. The minimum atomic E-state index is -4.62. The number of fused-ring (bicyclic) bond motifs is 3. The largest absolute Gasteiger partial charge is 0.491 e. The van der Waals surface area contributed by atoms with Crippen LogP contribution < -0.4 is 29.3 Å². The molecule has 5 aromatic rings. The SMILES string of the molecule is CC(C)Oc1ccccc1[C@@H]1CCCN1C1CC2(CCN(c3ccc(C(=O)NS(=O)(=O)c4ccc(NC[C@H]5CC[C@](C)(O)CC5)c([N+](=O)[O-])c4)c(N4c5cc6cc[nH]c6nc5O[C@@H]5COC[C@H]54)c3)CC2)C1. The van der Waals surface area contributed by atoms with E-state index >= 15 is 0 Å². The maximum absolute atomic E-state index is 14.6. The number of ether oxygens (including phenoxy) is 3. The lowest BCUT2D eigenvalue weighted by Gasteiger charge is -2.56. The summed E-state index contributed by atoms with van der Waals surface area (Å²) in [6.07, 6.45) is 11.0. The number of carbonyl (C=O) groups excluding carboxylic acids is 1. The molecule has 3 atom stereocenters. The molecule has 4 N–H and O–H groups in total. The number of nitro groups is 1. The van der Waals surface area contributed by atoms with Crippen molar-refractivity contribution in [1.82, 2.24) is 19.6 Å². The van der Waals surface area contributed by atoms with Crippen LogP contribution >= 0.6 is 0 Å². The number of amides is 1. The zero-order valence-electron chi connectivity index (χ0n) is 40.6. The number of hydrogen-bond donors (Lipinski definition) is 4. The summed E-state index contributed by atoms with van der Waals surface area (Å²) in [4.78, 5) is 41.0. The van der Waals surface area contributed by atoms with E-state index in [1.54, 1.807) is 12.3 Å². The fourth-order valence-corrected chi connectivity index (χ4v) is 13.3. The van der Waals surface area contributed by atoms with Crippen LogP contribution in [0.15, 0.2) is 83.9 Å². The van der Waals surface area contributed by atoms with Gasteiger partial charge in [-0.2, -0.15) is 4.98 Å². The molecular weight excluding hydrogens is 925 g/mol. The second-order valence-electron chi connectivity index (χ2n) is 21.4. The number of nitrogens with zero attached hydrogens (tertiary/aromatic N) is 5. The monoisotopic (exact) mass is 988 g/mol. The van der Waals surface area contributed by atoms with Crippen molar-refractivity contribution in [2.75, 3.05) is 54.5 Å². The normalized spacial score (nSPS) is 25.4. The maximum atomic E-state index is 14.6. The molecule has 2 aromatic heterocycles. The average molecular weight is 989 g/mol. The number of rotatable bonds is 13. The van der Waals surface area contributed by atoms with Crippen LogP contribution in [-0.4, -0.2) is 109 Å². The molecule has 0 bridgehead atoms. The first-order valence-corrected chi connectivity index (χ1v) is 26.8. The minimum absolute atomic E-state index is 0.0973. The summed E-state index contributed by atoms with van der Waals surface area (Å²) in [6.45, 7) is 9.76. The number of piperidine rings is 1. The number of aromatic nitrogens is 2. The van der Waals surface area contributed by atoms with Crippen LogP contribution in [0, 0.1) is 21.4 Å². The number of benzene rings is 3. The molecule has 2 aliphatic carbocycles. The third kappa shape index (κ3) is 9.28. The highest BCUT2D eigenvalue weighted by atomic mass is 32.2. The minimum Gasteiger partial charge on any atom is -0.491 e.